The molecule has 1 heterocycles. The van der Waals surface area contributed by atoms with Gasteiger partial charge in [0.1, 0.15) is 5.82 Å². The molecule has 0 atom stereocenters. The molecule has 3 nitrogen and oxygen atoms in total. The zero-order valence-corrected chi connectivity index (χ0v) is 13.0. The largest absolute Gasteiger partial charge is 0.357 e. The molecule has 0 amide bonds. The van der Waals surface area contributed by atoms with Gasteiger partial charge in [-0.1, -0.05) is 25.1 Å². The van der Waals surface area contributed by atoms with Crippen molar-refractivity contribution >= 4 is 16.7 Å². The molecule has 0 saturated heterocycles. The number of rotatable bonds is 6. The summed E-state index contributed by atoms with van der Waals surface area (Å²) in [5, 5.41) is 4.74. The van der Waals surface area contributed by atoms with Gasteiger partial charge in [-0.05, 0) is 44.5 Å². The highest BCUT2D eigenvalue weighted by molar-refractivity contribution is 5.84. The minimum absolute atomic E-state index is 0.445. The predicted molar refractivity (Wildman–Crippen MR) is 87.3 cm³/mol. The van der Waals surface area contributed by atoms with Crippen molar-refractivity contribution in [2.45, 2.75) is 39.8 Å². The Hall–Kier alpha value is -1.61. The van der Waals surface area contributed by atoms with E-state index in [-0.39, 0.29) is 0 Å². The van der Waals surface area contributed by atoms with E-state index in [2.05, 4.69) is 68.4 Å². The van der Waals surface area contributed by atoms with Crippen molar-refractivity contribution in [3.63, 3.8) is 0 Å². The Kier molecular flexibility index (Phi) is 4.96. The molecule has 0 unspecified atom stereocenters. The van der Waals surface area contributed by atoms with Crippen LogP contribution in [0.1, 0.15) is 32.8 Å². The van der Waals surface area contributed by atoms with Crippen LogP contribution in [0.15, 0.2) is 30.3 Å². The zero-order chi connectivity index (χ0) is 14.5. The Morgan fingerprint density at radius 3 is 2.70 bits per heavy atom. The second-order valence-electron chi connectivity index (χ2n) is 5.54. The van der Waals surface area contributed by atoms with E-state index < -0.39 is 0 Å². The van der Waals surface area contributed by atoms with Crippen LogP contribution in [0.4, 0.5) is 5.82 Å². The minimum Gasteiger partial charge on any atom is -0.357 e. The molecule has 3 heteroatoms. The Bertz CT molecular complexity index is 563. The zero-order valence-electron chi connectivity index (χ0n) is 13.0. The summed E-state index contributed by atoms with van der Waals surface area (Å²) in [5.41, 5.74) is 2.40. The summed E-state index contributed by atoms with van der Waals surface area (Å²) in [6.07, 6.45) is 1.15. The second kappa shape index (κ2) is 6.71. The average molecular weight is 271 g/mol. The number of aromatic nitrogens is 1. The van der Waals surface area contributed by atoms with Crippen molar-refractivity contribution in [2.75, 3.05) is 18.5 Å². The fourth-order valence-electron chi connectivity index (χ4n) is 2.22. The number of para-hydroxylation sites is 1. The van der Waals surface area contributed by atoms with Gasteiger partial charge < -0.3 is 10.2 Å². The Balaban J connectivity index is 2.41. The lowest BCUT2D eigenvalue weighted by Crippen LogP contribution is -2.27. The maximum Gasteiger partial charge on any atom is 0.129 e. The smallest absolute Gasteiger partial charge is 0.129 e. The molecule has 0 radical (unpaired) electrons. The summed E-state index contributed by atoms with van der Waals surface area (Å²) < 4.78 is 0. The Labute approximate surface area is 122 Å². The van der Waals surface area contributed by atoms with Gasteiger partial charge in [0.25, 0.3) is 0 Å². The first-order valence-electron chi connectivity index (χ1n) is 7.45. The number of hydrogen-bond donors (Lipinski definition) is 1. The SMILES string of the molecule is CCCNCc1cc(N(C)C(C)C)nc2ccccc12. The number of pyridine rings is 1. The van der Waals surface area contributed by atoms with Gasteiger partial charge in [-0.2, -0.15) is 0 Å². The van der Waals surface area contributed by atoms with E-state index in [1.165, 1.54) is 10.9 Å². The Morgan fingerprint density at radius 1 is 1.25 bits per heavy atom. The summed E-state index contributed by atoms with van der Waals surface area (Å²) in [7, 11) is 2.10. The summed E-state index contributed by atoms with van der Waals surface area (Å²) in [6, 6.07) is 11.0. The third-order valence-corrected chi connectivity index (χ3v) is 3.67. The average Bonchev–Trinajstić information content (AvgIpc) is 2.46. The standard InChI is InChI=1S/C17H25N3/c1-5-10-18-12-14-11-17(20(4)13(2)3)19-16-9-7-6-8-15(14)16/h6-9,11,13,18H,5,10,12H2,1-4H3. The van der Waals surface area contributed by atoms with Gasteiger partial charge in [0.2, 0.25) is 0 Å². The maximum absolute atomic E-state index is 4.78. The van der Waals surface area contributed by atoms with Crippen molar-refractivity contribution in [1.29, 1.82) is 0 Å². The van der Waals surface area contributed by atoms with Gasteiger partial charge in [-0.25, -0.2) is 4.98 Å². The molecule has 0 aliphatic rings. The summed E-state index contributed by atoms with van der Waals surface area (Å²) in [6.45, 7) is 8.51. The quantitative estimate of drug-likeness (QED) is 0.814. The molecule has 0 aliphatic carbocycles. The molecule has 1 aromatic carbocycles. The van der Waals surface area contributed by atoms with Crippen molar-refractivity contribution in [2.24, 2.45) is 0 Å². The molecule has 0 bridgehead atoms. The van der Waals surface area contributed by atoms with E-state index in [4.69, 9.17) is 4.98 Å². The predicted octanol–water partition coefficient (Wildman–Crippen LogP) is 3.58. The van der Waals surface area contributed by atoms with Gasteiger partial charge in [0.15, 0.2) is 0 Å². The Morgan fingerprint density at radius 2 is 2.00 bits per heavy atom. The highest BCUT2D eigenvalue weighted by Gasteiger charge is 2.10. The van der Waals surface area contributed by atoms with Crippen LogP contribution in [0, 0.1) is 0 Å². The van der Waals surface area contributed by atoms with Gasteiger partial charge in [-0.15, -0.1) is 0 Å². The van der Waals surface area contributed by atoms with Crippen molar-refractivity contribution in [3.05, 3.63) is 35.9 Å². The van der Waals surface area contributed by atoms with Crippen LogP contribution >= 0.6 is 0 Å². The molecule has 2 rings (SSSR count). The first-order chi connectivity index (χ1) is 9.63. The molecule has 1 aromatic heterocycles. The van der Waals surface area contributed by atoms with Crippen LogP contribution in [-0.4, -0.2) is 24.6 Å². The lowest BCUT2D eigenvalue weighted by atomic mass is 10.1. The van der Waals surface area contributed by atoms with Crippen LogP contribution in [0.5, 0.6) is 0 Å². The highest BCUT2D eigenvalue weighted by atomic mass is 15.2. The first-order valence-corrected chi connectivity index (χ1v) is 7.45. The monoisotopic (exact) mass is 271 g/mol. The van der Waals surface area contributed by atoms with Gasteiger partial charge in [0, 0.05) is 25.0 Å². The summed E-state index contributed by atoms with van der Waals surface area (Å²) >= 11 is 0. The van der Waals surface area contributed by atoms with E-state index in [1.54, 1.807) is 0 Å². The molecule has 0 saturated carbocycles. The number of nitrogens with one attached hydrogen (secondary N) is 1. The fourth-order valence-corrected chi connectivity index (χ4v) is 2.22. The maximum atomic E-state index is 4.78. The summed E-state index contributed by atoms with van der Waals surface area (Å²) in [4.78, 5) is 7.00. The highest BCUT2D eigenvalue weighted by Crippen LogP contribution is 2.23. The third-order valence-electron chi connectivity index (χ3n) is 3.67. The van der Waals surface area contributed by atoms with Crippen LogP contribution in [0.25, 0.3) is 10.9 Å². The molecule has 20 heavy (non-hydrogen) atoms. The molecule has 2 aromatic rings. The van der Waals surface area contributed by atoms with Crippen LogP contribution < -0.4 is 10.2 Å². The van der Waals surface area contributed by atoms with Crippen molar-refractivity contribution in [1.82, 2.24) is 10.3 Å². The van der Waals surface area contributed by atoms with Gasteiger partial charge >= 0.3 is 0 Å². The van der Waals surface area contributed by atoms with Crippen LogP contribution in [-0.2, 0) is 6.54 Å². The number of benzene rings is 1. The van der Waals surface area contributed by atoms with Crippen molar-refractivity contribution < 1.29 is 0 Å². The lowest BCUT2D eigenvalue weighted by Gasteiger charge is -2.24. The molecule has 0 fully saturated rings. The van der Waals surface area contributed by atoms with E-state index in [0.29, 0.717) is 6.04 Å². The molecule has 0 spiro atoms. The van der Waals surface area contributed by atoms with Gasteiger partial charge in [0.05, 0.1) is 5.52 Å². The van der Waals surface area contributed by atoms with Crippen molar-refractivity contribution in [3.8, 4) is 0 Å². The van der Waals surface area contributed by atoms with E-state index in [1.807, 2.05) is 0 Å². The molecular weight excluding hydrogens is 246 g/mol. The molecule has 108 valence electrons. The van der Waals surface area contributed by atoms with Crippen LogP contribution in [0.2, 0.25) is 0 Å². The van der Waals surface area contributed by atoms with E-state index in [9.17, 15) is 0 Å². The van der Waals surface area contributed by atoms with E-state index >= 15 is 0 Å². The van der Waals surface area contributed by atoms with E-state index in [0.717, 1.165) is 30.8 Å². The first kappa shape index (κ1) is 14.8. The number of fused-ring (bicyclic) bond motifs is 1. The molecule has 0 aliphatic heterocycles. The number of hydrogen-bond acceptors (Lipinski definition) is 3. The van der Waals surface area contributed by atoms with Crippen LogP contribution in [0.3, 0.4) is 0 Å². The van der Waals surface area contributed by atoms with Gasteiger partial charge in [-0.3, -0.25) is 0 Å². The lowest BCUT2D eigenvalue weighted by molar-refractivity contribution is 0.676. The second-order valence-corrected chi connectivity index (χ2v) is 5.54. The number of nitrogens with zero attached hydrogens (tertiary/aromatic N) is 2. The normalized spacial score (nSPS) is 11.2. The molecule has 1 N–H and O–H groups in total. The topological polar surface area (TPSA) is 28.2 Å². The third kappa shape index (κ3) is 3.28. The number of anilines is 1. The fraction of sp³-hybridized carbons (Fsp3) is 0.471. The molecular formula is C17H25N3. The summed E-state index contributed by atoms with van der Waals surface area (Å²) in [5.74, 6) is 1.05. The minimum atomic E-state index is 0.445.